The van der Waals surface area contributed by atoms with Gasteiger partial charge in [0.25, 0.3) is 0 Å². The minimum absolute atomic E-state index is 0. The van der Waals surface area contributed by atoms with Gasteiger partial charge in [0.1, 0.15) is 0 Å². The first-order chi connectivity index (χ1) is 20.2. The maximum Gasteiger partial charge on any atom is 0.331 e. The Hall–Kier alpha value is -0.814. The second-order valence-electron chi connectivity index (χ2n) is 14.8. The first kappa shape index (κ1) is 38.4. The molecule has 2 saturated carbocycles. The molecule has 43 heavy (non-hydrogen) atoms. The fraction of sp³-hybridized carbons (Fsp3) is 0.842. The van der Waals surface area contributed by atoms with Gasteiger partial charge in [0.05, 0.1) is 0 Å². The van der Waals surface area contributed by atoms with Crippen molar-refractivity contribution in [1.82, 2.24) is 0 Å². The van der Waals surface area contributed by atoms with Crippen LogP contribution in [0.5, 0.6) is 0 Å². The van der Waals surface area contributed by atoms with E-state index in [1.54, 1.807) is 0 Å². The molecule has 0 saturated heterocycles. The van der Waals surface area contributed by atoms with Crippen molar-refractivity contribution in [2.45, 2.75) is 175 Å². The van der Waals surface area contributed by atoms with Gasteiger partial charge in [-0.05, 0) is 91.6 Å². The van der Waals surface area contributed by atoms with Crippen LogP contribution >= 0.6 is 0 Å². The van der Waals surface area contributed by atoms with Crippen LogP contribution < -0.4 is 0 Å². The maximum absolute atomic E-state index is 11.3. The van der Waals surface area contributed by atoms with E-state index in [9.17, 15) is 14.7 Å². The molecule has 0 heterocycles. The molecule has 2 fully saturated rings. The molecule has 2 N–H and O–H groups in total. The summed E-state index contributed by atoms with van der Waals surface area (Å²) < 4.78 is 0. The van der Waals surface area contributed by atoms with Gasteiger partial charge in [0, 0.05) is 12.0 Å². The zero-order valence-electron chi connectivity index (χ0n) is 27.6. The summed E-state index contributed by atoms with van der Waals surface area (Å²) in [5, 5.41) is 17.8. The predicted molar refractivity (Wildman–Crippen MR) is 183 cm³/mol. The first-order valence-corrected chi connectivity index (χ1v) is 18.1. The van der Waals surface area contributed by atoms with Crippen LogP contribution in [0.3, 0.4) is 0 Å². The fourth-order valence-electron chi connectivity index (χ4n) is 9.13. The molecular weight excluding hydrogens is 545 g/mol. The van der Waals surface area contributed by atoms with Gasteiger partial charge in [-0.1, -0.05) is 123 Å². The molecule has 5 atom stereocenters. The summed E-state index contributed by atoms with van der Waals surface area (Å²) in [6.07, 6.45) is 34.6. The Kier molecular flexibility index (Phi) is 17.5. The van der Waals surface area contributed by atoms with Crippen LogP contribution in [0.25, 0.3) is 0 Å². The Labute approximate surface area is 280 Å². The van der Waals surface area contributed by atoms with E-state index in [1.165, 1.54) is 128 Å². The normalized spacial score (nSPS) is 29.0. The SMILES string of the molecule is CCCCCCCCCCCCCCCCCC(=O)O.C[C@@]12CCC[C@H]1[C@@H]1CC=C3C=C(C(=O)O)CC[C@]3(C)[C@H]1CC2.[MgH2]. The van der Waals surface area contributed by atoms with Gasteiger partial charge < -0.3 is 10.2 Å². The minimum atomic E-state index is -0.725. The van der Waals surface area contributed by atoms with E-state index in [0.717, 1.165) is 43.4 Å². The highest BCUT2D eigenvalue weighted by Gasteiger charge is 2.55. The van der Waals surface area contributed by atoms with Crippen molar-refractivity contribution >= 4 is 35.0 Å². The van der Waals surface area contributed by atoms with Crippen LogP contribution in [0.2, 0.25) is 0 Å². The molecular formula is C38H66MgO4. The summed E-state index contributed by atoms with van der Waals surface area (Å²) in [5.74, 6) is 1.15. The highest BCUT2D eigenvalue weighted by atomic mass is 24.3. The van der Waals surface area contributed by atoms with Crippen LogP contribution in [0.4, 0.5) is 0 Å². The quantitative estimate of drug-likeness (QED) is 0.127. The lowest BCUT2D eigenvalue weighted by atomic mass is 9.48. The molecule has 5 heteroatoms. The standard InChI is InChI=1S/C20H28O2.C18H36O2.Mg.2H/c1-19-9-3-4-16(19)15-6-5-14-12-13(18(21)22)7-11-20(14,2)17(15)8-10-19;1-2-3-4-5-6-7-8-9-10-11-12-13-14-15-16-17-18(19)20;;;/h5,12,15-17H,3-4,6-11H2,1-2H3,(H,21,22);2-17H2,1H3,(H,19,20);;;/t15-,16-,17-,19-,20-;;;;/m0..../s1. The third-order valence-corrected chi connectivity index (χ3v) is 11.8. The minimum Gasteiger partial charge on any atom is -0.481 e. The van der Waals surface area contributed by atoms with E-state index in [2.05, 4.69) is 26.8 Å². The Morgan fingerprint density at radius 3 is 1.86 bits per heavy atom. The number of allylic oxidation sites excluding steroid dienone is 3. The van der Waals surface area contributed by atoms with Crippen LogP contribution in [-0.2, 0) is 9.59 Å². The zero-order chi connectivity index (χ0) is 30.4. The van der Waals surface area contributed by atoms with Crippen molar-refractivity contribution in [1.29, 1.82) is 0 Å². The summed E-state index contributed by atoms with van der Waals surface area (Å²) >= 11 is 0. The molecule has 4 aliphatic carbocycles. The number of carboxylic acid groups (broad SMARTS) is 2. The van der Waals surface area contributed by atoms with Crippen molar-refractivity contribution in [2.75, 3.05) is 0 Å². The van der Waals surface area contributed by atoms with Gasteiger partial charge >= 0.3 is 35.0 Å². The molecule has 0 aromatic carbocycles. The van der Waals surface area contributed by atoms with Crippen molar-refractivity contribution in [3.8, 4) is 0 Å². The highest BCUT2D eigenvalue weighted by Crippen LogP contribution is 2.64. The third kappa shape index (κ3) is 11.5. The molecule has 0 aromatic heterocycles. The van der Waals surface area contributed by atoms with Gasteiger partial charge in [0.15, 0.2) is 0 Å². The molecule has 244 valence electrons. The molecule has 0 spiro atoms. The predicted octanol–water partition coefficient (Wildman–Crippen LogP) is 10.4. The lowest BCUT2D eigenvalue weighted by Gasteiger charge is -2.56. The van der Waals surface area contributed by atoms with Crippen LogP contribution in [0, 0.1) is 28.6 Å². The molecule has 0 aliphatic heterocycles. The highest BCUT2D eigenvalue weighted by molar-refractivity contribution is 5.87. The smallest absolute Gasteiger partial charge is 0.331 e. The lowest BCUT2D eigenvalue weighted by molar-refractivity contribution is -0.137. The Morgan fingerprint density at radius 1 is 0.767 bits per heavy atom. The van der Waals surface area contributed by atoms with E-state index in [-0.39, 0.29) is 28.5 Å². The number of carboxylic acids is 2. The number of unbranched alkanes of at least 4 members (excludes halogenated alkanes) is 14. The number of aliphatic carboxylic acids is 2. The topological polar surface area (TPSA) is 74.6 Å². The Bertz CT molecular complexity index is 910. The van der Waals surface area contributed by atoms with Crippen molar-refractivity contribution in [2.24, 2.45) is 28.6 Å². The number of fused-ring (bicyclic) bond motifs is 5. The molecule has 4 aliphatic rings. The zero-order valence-corrected chi connectivity index (χ0v) is 27.6. The molecule has 4 rings (SSSR count). The summed E-state index contributed by atoms with van der Waals surface area (Å²) in [4.78, 5) is 21.6. The summed E-state index contributed by atoms with van der Waals surface area (Å²) in [5.41, 5.74) is 2.77. The molecule has 0 radical (unpaired) electrons. The largest absolute Gasteiger partial charge is 0.481 e. The fourth-order valence-corrected chi connectivity index (χ4v) is 9.13. The molecule has 4 nitrogen and oxygen atoms in total. The van der Waals surface area contributed by atoms with Gasteiger partial charge in [-0.25, -0.2) is 4.79 Å². The molecule has 0 unspecified atom stereocenters. The van der Waals surface area contributed by atoms with Gasteiger partial charge in [-0.15, -0.1) is 0 Å². The summed E-state index contributed by atoms with van der Waals surface area (Å²) in [6.45, 7) is 7.22. The van der Waals surface area contributed by atoms with E-state index in [4.69, 9.17) is 5.11 Å². The summed E-state index contributed by atoms with van der Waals surface area (Å²) in [6, 6.07) is 0. The van der Waals surface area contributed by atoms with Gasteiger partial charge in [0.2, 0.25) is 0 Å². The molecule has 0 aromatic rings. The monoisotopic (exact) mass is 610 g/mol. The second-order valence-corrected chi connectivity index (χ2v) is 14.8. The van der Waals surface area contributed by atoms with E-state index in [0.29, 0.717) is 17.4 Å². The average Bonchev–Trinajstić information content (AvgIpc) is 3.36. The van der Waals surface area contributed by atoms with Crippen molar-refractivity contribution in [3.05, 3.63) is 23.3 Å². The van der Waals surface area contributed by atoms with Crippen LogP contribution in [-0.4, -0.2) is 45.2 Å². The number of hydrogen-bond acceptors (Lipinski definition) is 2. The van der Waals surface area contributed by atoms with Crippen LogP contribution in [0.1, 0.15) is 175 Å². The number of hydrogen-bond donors (Lipinski definition) is 2. The maximum atomic E-state index is 11.3. The first-order valence-electron chi connectivity index (χ1n) is 18.1. The van der Waals surface area contributed by atoms with E-state index in [1.807, 2.05) is 6.08 Å². The van der Waals surface area contributed by atoms with Gasteiger partial charge in [-0.3, -0.25) is 4.79 Å². The van der Waals surface area contributed by atoms with Crippen molar-refractivity contribution in [3.63, 3.8) is 0 Å². The van der Waals surface area contributed by atoms with E-state index < -0.39 is 11.9 Å². The number of carbonyl (C=O) groups is 2. The lowest BCUT2D eigenvalue weighted by Crippen LogP contribution is -2.48. The average molecular weight is 611 g/mol. The Morgan fingerprint density at radius 2 is 1.33 bits per heavy atom. The summed E-state index contributed by atoms with van der Waals surface area (Å²) in [7, 11) is 0. The van der Waals surface area contributed by atoms with Crippen LogP contribution in [0.15, 0.2) is 23.3 Å². The second kappa shape index (κ2) is 19.6. The van der Waals surface area contributed by atoms with Gasteiger partial charge in [-0.2, -0.15) is 0 Å². The Balaban J connectivity index is 0.000000296. The third-order valence-electron chi connectivity index (χ3n) is 11.8. The number of rotatable bonds is 17. The molecule has 0 bridgehead atoms. The van der Waals surface area contributed by atoms with E-state index >= 15 is 0 Å². The van der Waals surface area contributed by atoms with Crippen molar-refractivity contribution < 1.29 is 19.8 Å². The molecule has 0 amide bonds.